The summed E-state index contributed by atoms with van der Waals surface area (Å²) in [4.78, 5) is 4.17. The first-order chi connectivity index (χ1) is 8.34. The van der Waals surface area contributed by atoms with Gasteiger partial charge < -0.3 is 0 Å². The third-order valence-corrected chi connectivity index (χ3v) is 5.20. The summed E-state index contributed by atoms with van der Waals surface area (Å²) in [7, 11) is -3.54. The Morgan fingerprint density at radius 1 is 1.50 bits per heavy atom. The van der Waals surface area contributed by atoms with E-state index in [0.717, 1.165) is 0 Å². The predicted molar refractivity (Wildman–Crippen MR) is 70.4 cm³/mol. The van der Waals surface area contributed by atoms with Crippen LogP contribution in [0.2, 0.25) is 0 Å². The number of hydrogen-bond donors (Lipinski definition) is 0. The van der Waals surface area contributed by atoms with Gasteiger partial charge in [-0.05, 0) is 33.3 Å². The number of hydrogen-bond acceptors (Lipinski definition) is 4. The van der Waals surface area contributed by atoms with E-state index in [1.165, 1.54) is 6.07 Å². The monoisotopic (exact) mass is 286 g/mol. The largest absolute Gasteiger partial charge is 0.257 e. The highest BCUT2D eigenvalue weighted by Crippen LogP contribution is 2.24. The molecule has 0 saturated heterocycles. The van der Waals surface area contributed by atoms with Gasteiger partial charge >= 0.3 is 0 Å². The van der Waals surface area contributed by atoms with Gasteiger partial charge in [0.25, 0.3) is 0 Å². The normalized spacial score (nSPS) is 13.1. The summed E-state index contributed by atoms with van der Waals surface area (Å²) >= 11 is 5.58. The second-order valence-electron chi connectivity index (χ2n) is 4.17. The molecule has 1 heterocycles. The maximum atomic E-state index is 12.4. The summed E-state index contributed by atoms with van der Waals surface area (Å²) in [6.07, 6.45) is 0.356. The Morgan fingerprint density at radius 2 is 2.11 bits per heavy atom. The minimum Gasteiger partial charge on any atom is -0.257 e. The first-order valence-electron chi connectivity index (χ1n) is 5.52. The Morgan fingerprint density at radius 3 is 2.61 bits per heavy atom. The maximum Gasteiger partial charge on any atom is 0.182 e. The molecule has 0 saturated carbocycles. The number of halogens is 1. The molecule has 0 amide bonds. The van der Waals surface area contributed by atoms with Crippen LogP contribution in [0.3, 0.4) is 0 Å². The number of sulfone groups is 1. The van der Waals surface area contributed by atoms with Crippen LogP contribution < -0.4 is 0 Å². The van der Waals surface area contributed by atoms with Crippen LogP contribution in [0.1, 0.15) is 30.3 Å². The number of nitriles is 1. The number of nitrogens with zero attached hydrogens (tertiary/aromatic N) is 2. The molecule has 6 heteroatoms. The Hall–Kier alpha value is -1.12. The zero-order valence-corrected chi connectivity index (χ0v) is 12.1. The number of pyridine rings is 1. The van der Waals surface area contributed by atoms with Crippen LogP contribution in [0.15, 0.2) is 11.0 Å². The fourth-order valence-electron chi connectivity index (χ4n) is 1.68. The van der Waals surface area contributed by atoms with E-state index in [0.29, 0.717) is 17.8 Å². The van der Waals surface area contributed by atoms with Gasteiger partial charge in [-0.1, -0.05) is 0 Å². The third kappa shape index (κ3) is 2.82. The molecule has 1 aromatic heterocycles. The van der Waals surface area contributed by atoms with E-state index in [9.17, 15) is 8.42 Å². The van der Waals surface area contributed by atoms with Crippen LogP contribution in [-0.2, 0) is 9.84 Å². The van der Waals surface area contributed by atoms with E-state index in [-0.39, 0.29) is 16.3 Å². The van der Waals surface area contributed by atoms with E-state index in [1.807, 2.05) is 6.07 Å². The average Bonchev–Trinajstić information content (AvgIpc) is 2.28. The molecule has 1 aromatic rings. The minimum atomic E-state index is -3.54. The van der Waals surface area contributed by atoms with E-state index in [4.69, 9.17) is 16.9 Å². The molecule has 18 heavy (non-hydrogen) atoms. The Kier molecular flexibility index (Phi) is 4.71. The van der Waals surface area contributed by atoms with E-state index < -0.39 is 15.1 Å². The van der Waals surface area contributed by atoms with E-state index in [2.05, 4.69) is 4.98 Å². The molecular formula is C12H15ClN2O2S. The van der Waals surface area contributed by atoms with Gasteiger partial charge in [0.2, 0.25) is 0 Å². The summed E-state index contributed by atoms with van der Waals surface area (Å²) in [6, 6.07) is 3.37. The molecule has 0 aliphatic rings. The Balaban J connectivity index is 3.46. The van der Waals surface area contributed by atoms with Crippen molar-refractivity contribution < 1.29 is 8.42 Å². The van der Waals surface area contributed by atoms with Crippen molar-refractivity contribution >= 4 is 21.4 Å². The van der Waals surface area contributed by atoms with Crippen molar-refractivity contribution in [2.45, 2.75) is 37.3 Å². The smallest absolute Gasteiger partial charge is 0.182 e. The number of alkyl halides is 1. The van der Waals surface area contributed by atoms with Crippen molar-refractivity contribution in [2.75, 3.05) is 5.88 Å². The lowest BCUT2D eigenvalue weighted by Crippen LogP contribution is -2.20. The molecule has 0 aliphatic heterocycles. The number of aryl methyl sites for hydroxylation is 2. The summed E-state index contributed by atoms with van der Waals surface area (Å²) in [5.74, 6) is 0.269. The van der Waals surface area contributed by atoms with Crippen molar-refractivity contribution in [1.29, 1.82) is 5.26 Å². The minimum absolute atomic E-state index is 0.0626. The SMILES string of the molecule is Cc1cc(S(=O)(=O)C(C)CCCl)c(C#N)c(C)n1. The summed E-state index contributed by atoms with van der Waals surface area (Å²) in [5, 5.41) is 8.48. The van der Waals surface area contributed by atoms with Gasteiger partial charge in [0.05, 0.1) is 21.4 Å². The highest BCUT2D eigenvalue weighted by Gasteiger charge is 2.27. The maximum absolute atomic E-state index is 12.4. The zero-order chi connectivity index (χ0) is 13.9. The second-order valence-corrected chi connectivity index (χ2v) is 6.88. The fraction of sp³-hybridized carbons (Fsp3) is 0.500. The van der Waals surface area contributed by atoms with Crippen molar-refractivity contribution in [3.63, 3.8) is 0 Å². The third-order valence-electron chi connectivity index (χ3n) is 2.76. The lowest BCUT2D eigenvalue weighted by Gasteiger charge is -2.14. The average molecular weight is 287 g/mol. The summed E-state index contributed by atoms with van der Waals surface area (Å²) < 4.78 is 24.7. The highest BCUT2D eigenvalue weighted by molar-refractivity contribution is 7.92. The van der Waals surface area contributed by atoms with Crippen LogP contribution in [0.4, 0.5) is 0 Å². The molecule has 0 aliphatic carbocycles. The lowest BCUT2D eigenvalue weighted by molar-refractivity contribution is 0.580. The standard InChI is InChI=1S/C12H15ClN2O2S/c1-8-6-12(11(7-14)10(3)15-8)18(16,17)9(2)4-5-13/h6,9H,4-5H2,1-3H3. The molecule has 0 spiro atoms. The Bertz CT molecular complexity index is 591. The van der Waals surface area contributed by atoms with Gasteiger partial charge in [0.15, 0.2) is 9.84 Å². The van der Waals surface area contributed by atoms with Crippen molar-refractivity contribution in [3.8, 4) is 6.07 Å². The van der Waals surface area contributed by atoms with E-state index in [1.54, 1.807) is 20.8 Å². The summed E-state index contributed by atoms with van der Waals surface area (Å²) in [5.41, 5.74) is 1.15. The van der Waals surface area contributed by atoms with Crippen LogP contribution in [-0.4, -0.2) is 24.5 Å². The molecule has 1 rings (SSSR count). The van der Waals surface area contributed by atoms with E-state index >= 15 is 0 Å². The molecule has 0 fully saturated rings. The van der Waals surface area contributed by atoms with Gasteiger partial charge in [-0.25, -0.2) is 8.42 Å². The van der Waals surface area contributed by atoms with Crippen LogP contribution >= 0.6 is 11.6 Å². The number of rotatable bonds is 4. The molecule has 98 valence electrons. The first-order valence-corrected chi connectivity index (χ1v) is 7.61. The molecular weight excluding hydrogens is 272 g/mol. The van der Waals surface area contributed by atoms with Crippen LogP contribution in [0.5, 0.6) is 0 Å². The molecule has 0 aromatic carbocycles. The fourth-order valence-corrected chi connectivity index (χ4v) is 3.81. The van der Waals surface area contributed by atoms with Crippen molar-refractivity contribution in [3.05, 3.63) is 23.0 Å². The van der Waals surface area contributed by atoms with Gasteiger partial charge in [-0.2, -0.15) is 5.26 Å². The van der Waals surface area contributed by atoms with Gasteiger partial charge in [0.1, 0.15) is 6.07 Å². The van der Waals surface area contributed by atoms with Crippen molar-refractivity contribution in [2.24, 2.45) is 0 Å². The van der Waals surface area contributed by atoms with Crippen LogP contribution in [0, 0.1) is 25.2 Å². The quantitative estimate of drug-likeness (QED) is 0.797. The first kappa shape index (κ1) is 14.9. The molecule has 0 radical (unpaired) electrons. The van der Waals surface area contributed by atoms with Crippen LogP contribution in [0.25, 0.3) is 0 Å². The lowest BCUT2D eigenvalue weighted by atomic mass is 10.2. The van der Waals surface area contributed by atoms with Crippen molar-refractivity contribution in [1.82, 2.24) is 4.98 Å². The molecule has 0 N–H and O–H groups in total. The zero-order valence-electron chi connectivity index (χ0n) is 10.6. The molecule has 1 unspecified atom stereocenters. The highest BCUT2D eigenvalue weighted by atomic mass is 35.5. The summed E-state index contributed by atoms with van der Waals surface area (Å²) in [6.45, 7) is 4.94. The molecule has 0 bridgehead atoms. The topological polar surface area (TPSA) is 70.8 Å². The second kappa shape index (κ2) is 5.68. The molecule has 1 atom stereocenters. The molecule has 4 nitrogen and oxygen atoms in total. The Labute approximate surface area is 113 Å². The predicted octanol–water partition coefficient (Wildman–Crippen LogP) is 2.36. The number of aromatic nitrogens is 1. The van der Waals surface area contributed by atoms with Gasteiger partial charge in [-0.15, -0.1) is 11.6 Å². The van der Waals surface area contributed by atoms with Gasteiger partial charge in [-0.3, -0.25) is 4.98 Å². The van der Waals surface area contributed by atoms with Gasteiger partial charge in [0, 0.05) is 11.6 Å².